The first-order valence-electron chi connectivity index (χ1n) is 10.1. The van der Waals surface area contributed by atoms with Crippen LogP contribution in [0, 0.1) is 0 Å². The van der Waals surface area contributed by atoms with E-state index >= 15 is 0 Å². The first kappa shape index (κ1) is 18.5. The van der Waals surface area contributed by atoms with E-state index in [4.69, 9.17) is 0 Å². The Bertz CT molecular complexity index is 888. The number of benzene rings is 2. The van der Waals surface area contributed by atoms with Crippen molar-refractivity contribution in [3.63, 3.8) is 0 Å². The minimum absolute atomic E-state index is 0.0353. The fourth-order valence-corrected chi connectivity index (χ4v) is 4.16. The highest BCUT2D eigenvalue weighted by Gasteiger charge is 2.40. The van der Waals surface area contributed by atoms with Crippen LogP contribution in [0.2, 0.25) is 0 Å². The monoisotopic (exact) mass is 374 g/mol. The molecule has 0 fully saturated rings. The number of nitrogens with zero attached hydrogens (tertiary/aromatic N) is 1. The van der Waals surface area contributed by atoms with Crippen LogP contribution in [0.3, 0.4) is 0 Å². The first-order valence-corrected chi connectivity index (χ1v) is 10.1. The van der Waals surface area contributed by atoms with Gasteiger partial charge in [0.15, 0.2) is 0 Å². The number of nitrogens with one attached hydrogen (secondary N) is 1. The summed E-state index contributed by atoms with van der Waals surface area (Å²) in [5.74, 6) is -0.147. The van der Waals surface area contributed by atoms with Gasteiger partial charge in [0.25, 0.3) is 5.91 Å². The Kier molecular flexibility index (Phi) is 5.56. The van der Waals surface area contributed by atoms with E-state index in [0.29, 0.717) is 18.7 Å². The molecule has 1 atom stereocenters. The molecule has 0 bridgehead atoms. The molecule has 1 aliphatic carbocycles. The van der Waals surface area contributed by atoms with E-state index in [9.17, 15) is 9.59 Å². The van der Waals surface area contributed by atoms with Crippen molar-refractivity contribution < 1.29 is 9.59 Å². The van der Waals surface area contributed by atoms with Crippen molar-refractivity contribution in [2.24, 2.45) is 0 Å². The molecule has 2 amide bonds. The zero-order chi connectivity index (χ0) is 19.3. The topological polar surface area (TPSA) is 49.4 Å². The van der Waals surface area contributed by atoms with Crippen LogP contribution < -0.4 is 5.32 Å². The molecule has 0 saturated heterocycles. The highest BCUT2D eigenvalue weighted by molar-refractivity contribution is 6.04. The minimum atomic E-state index is -0.545. The summed E-state index contributed by atoms with van der Waals surface area (Å²) in [5, 5.41) is 3.02. The number of allylic oxidation sites excluding steroid dienone is 1. The van der Waals surface area contributed by atoms with E-state index < -0.39 is 6.04 Å². The zero-order valence-corrected chi connectivity index (χ0v) is 16.1. The van der Waals surface area contributed by atoms with E-state index in [0.717, 1.165) is 30.4 Å². The average molecular weight is 374 g/mol. The Morgan fingerprint density at radius 2 is 1.82 bits per heavy atom. The maximum Gasteiger partial charge on any atom is 0.255 e. The fraction of sp³-hybridized carbons (Fsp3) is 0.333. The average Bonchev–Trinajstić information content (AvgIpc) is 3.04. The van der Waals surface area contributed by atoms with Gasteiger partial charge in [0.1, 0.15) is 6.04 Å². The SMILES string of the molecule is O=C(NCc1ccccc1)C1c2ccccc2C(=O)N1CCC1=CCCCC1. The number of fused-ring (bicyclic) bond motifs is 1. The lowest BCUT2D eigenvalue weighted by atomic mass is 9.97. The Morgan fingerprint density at radius 1 is 1.04 bits per heavy atom. The van der Waals surface area contributed by atoms with Gasteiger partial charge in [-0.1, -0.05) is 60.2 Å². The van der Waals surface area contributed by atoms with E-state index in [2.05, 4.69) is 11.4 Å². The van der Waals surface area contributed by atoms with Crippen LogP contribution in [0.25, 0.3) is 0 Å². The van der Waals surface area contributed by atoms with E-state index in [1.165, 1.54) is 18.4 Å². The highest BCUT2D eigenvalue weighted by atomic mass is 16.2. The molecule has 0 saturated carbocycles. The summed E-state index contributed by atoms with van der Waals surface area (Å²) in [7, 11) is 0. The maximum atomic E-state index is 13.1. The van der Waals surface area contributed by atoms with Gasteiger partial charge in [0.2, 0.25) is 5.91 Å². The van der Waals surface area contributed by atoms with Crippen molar-refractivity contribution in [3.05, 3.63) is 82.9 Å². The molecule has 4 nitrogen and oxygen atoms in total. The molecule has 0 aromatic heterocycles. The summed E-state index contributed by atoms with van der Waals surface area (Å²) in [5.41, 5.74) is 3.93. The van der Waals surface area contributed by atoms with Crippen LogP contribution in [0.1, 0.15) is 59.6 Å². The lowest BCUT2D eigenvalue weighted by molar-refractivity contribution is -0.125. The summed E-state index contributed by atoms with van der Waals surface area (Å²) in [4.78, 5) is 27.8. The number of carbonyl (C=O) groups is 2. The summed E-state index contributed by atoms with van der Waals surface area (Å²) >= 11 is 0. The molecule has 4 heteroatoms. The second-order valence-corrected chi connectivity index (χ2v) is 7.55. The Hall–Kier alpha value is -2.88. The first-order chi connectivity index (χ1) is 13.7. The molecule has 4 rings (SSSR count). The Morgan fingerprint density at radius 3 is 2.61 bits per heavy atom. The van der Waals surface area contributed by atoms with Crippen molar-refractivity contribution in [3.8, 4) is 0 Å². The van der Waals surface area contributed by atoms with Crippen molar-refractivity contribution in [2.75, 3.05) is 6.54 Å². The third-order valence-electron chi connectivity index (χ3n) is 5.68. The molecule has 2 aromatic rings. The molecule has 0 radical (unpaired) electrons. The molecule has 28 heavy (non-hydrogen) atoms. The molecule has 2 aromatic carbocycles. The van der Waals surface area contributed by atoms with E-state index in [-0.39, 0.29) is 11.8 Å². The van der Waals surface area contributed by atoms with Gasteiger partial charge in [-0.25, -0.2) is 0 Å². The molecular formula is C24H26N2O2. The van der Waals surface area contributed by atoms with Crippen molar-refractivity contribution >= 4 is 11.8 Å². The molecule has 144 valence electrons. The maximum absolute atomic E-state index is 13.1. The van der Waals surface area contributed by atoms with Crippen molar-refractivity contribution in [1.29, 1.82) is 0 Å². The number of rotatable bonds is 6. The van der Waals surface area contributed by atoms with Gasteiger partial charge in [-0.3, -0.25) is 9.59 Å². The lowest BCUT2D eigenvalue weighted by Crippen LogP contribution is -2.39. The Labute approximate surface area is 166 Å². The normalized spacial score (nSPS) is 18.6. The number of hydrogen-bond donors (Lipinski definition) is 1. The molecule has 0 spiro atoms. The van der Waals surface area contributed by atoms with Gasteiger partial charge in [-0.05, 0) is 49.3 Å². The third kappa shape index (κ3) is 3.86. The van der Waals surface area contributed by atoms with Crippen LogP contribution in [0.4, 0.5) is 0 Å². The van der Waals surface area contributed by atoms with E-state index in [1.807, 2.05) is 54.6 Å². The quantitative estimate of drug-likeness (QED) is 0.763. The smallest absolute Gasteiger partial charge is 0.255 e. The predicted octanol–water partition coefficient (Wildman–Crippen LogP) is 4.39. The van der Waals surface area contributed by atoms with E-state index in [1.54, 1.807) is 4.90 Å². The van der Waals surface area contributed by atoms with Crippen LogP contribution in [0.15, 0.2) is 66.2 Å². The molecule has 1 aliphatic heterocycles. The lowest BCUT2D eigenvalue weighted by Gasteiger charge is -2.26. The van der Waals surface area contributed by atoms with Crippen molar-refractivity contribution in [2.45, 2.75) is 44.7 Å². The molecule has 1 N–H and O–H groups in total. The minimum Gasteiger partial charge on any atom is -0.350 e. The second-order valence-electron chi connectivity index (χ2n) is 7.55. The van der Waals surface area contributed by atoms with Crippen LogP contribution >= 0.6 is 0 Å². The van der Waals surface area contributed by atoms with Crippen molar-refractivity contribution in [1.82, 2.24) is 10.2 Å². The van der Waals surface area contributed by atoms with Gasteiger partial charge in [0.05, 0.1) is 0 Å². The van der Waals surface area contributed by atoms with Crippen LogP contribution in [-0.4, -0.2) is 23.3 Å². The summed E-state index contributed by atoms with van der Waals surface area (Å²) < 4.78 is 0. The predicted molar refractivity (Wildman–Crippen MR) is 110 cm³/mol. The highest BCUT2D eigenvalue weighted by Crippen LogP contribution is 2.34. The molecular weight excluding hydrogens is 348 g/mol. The standard InChI is InChI=1S/C24H26N2O2/c27-23(25-17-19-11-5-2-6-12-19)22-20-13-7-8-14-21(20)24(28)26(22)16-15-18-9-3-1-4-10-18/h2,5-9,11-14,22H,1,3-4,10,15-17H2,(H,25,27). The zero-order valence-electron chi connectivity index (χ0n) is 16.1. The Balaban J connectivity index is 1.51. The number of hydrogen-bond acceptors (Lipinski definition) is 2. The number of amides is 2. The van der Waals surface area contributed by atoms with Crippen LogP contribution in [0.5, 0.6) is 0 Å². The fourth-order valence-electron chi connectivity index (χ4n) is 4.16. The van der Waals surface area contributed by atoms with Gasteiger partial charge in [-0.15, -0.1) is 0 Å². The summed E-state index contributed by atoms with van der Waals surface area (Å²) in [6.07, 6.45) is 7.87. The van der Waals surface area contributed by atoms with Gasteiger partial charge < -0.3 is 10.2 Å². The number of carbonyl (C=O) groups excluding carboxylic acids is 2. The molecule has 1 heterocycles. The summed E-state index contributed by atoms with van der Waals surface area (Å²) in [6, 6.07) is 16.8. The summed E-state index contributed by atoms with van der Waals surface area (Å²) in [6.45, 7) is 1.05. The van der Waals surface area contributed by atoms with Crippen LogP contribution in [-0.2, 0) is 11.3 Å². The molecule has 1 unspecified atom stereocenters. The molecule has 2 aliphatic rings. The van der Waals surface area contributed by atoms with Gasteiger partial charge in [-0.2, -0.15) is 0 Å². The van der Waals surface area contributed by atoms with Gasteiger partial charge >= 0.3 is 0 Å². The second kappa shape index (κ2) is 8.42. The largest absolute Gasteiger partial charge is 0.350 e. The third-order valence-corrected chi connectivity index (χ3v) is 5.68. The van der Waals surface area contributed by atoms with Gasteiger partial charge in [0, 0.05) is 18.7 Å².